The first kappa shape index (κ1) is 28.6. The van der Waals surface area contributed by atoms with Crippen LogP contribution in [0.3, 0.4) is 0 Å². The Kier molecular flexibility index (Phi) is 7.85. The summed E-state index contributed by atoms with van der Waals surface area (Å²) >= 11 is 0. The summed E-state index contributed by atoms with van der Waals surface area (Å²) in [4.78, 5) is 37.8. The van der Waals surface area contributed by atoms with Crippen LogP contribution in [0.1, 0.15) is 58.4 Å². The highest BCUT2D eigenvalue weighted by Crippen LogP contribution is 2.23. The van der Waals surface area contributed by atoms with Gasteiger partial charge in [-0.05, 0) is 86.7 Å². The van der Waals surface area contributed by atoms with E-state index < -0.39 is 11.5 Å². The Morgan fingerprint density at radius 1 is 0.905 bits per heavy atom. The van der Waals surface area contributed by atoms with Crippen molar-refractivity contribution in [3.63, 3.8) is 0 Å². The van der Waals surface area contributed by atoms with E-state index in [-0.39, 0.29) is 23.7 Å². The second kappa shape index (κ2) is 11.5. The summed E-state index contributed by atoms with van der Waals surface area (Å²) in [7, 11) is 0. The SMILES string of the molecule is Cc1cc(C(N)=O)nn1-c1ccc(Cc2ccc(-c3ccc(C(=O)NC4CN(C(=O)OC(C)(C)C)C4)cc3)cc2)cc1. The van der Waals surface area contributed by atoms with Crippen LogP contribution in [0.5, 0.6) is 0 Å². The van der Waals surface area contributed by atoms with Crippen LogP contribution in [-0.2, 0) is 11.2 Å². The molecule has 0 radical (unpaired) electrons. The minimum Gasteiger partial charge on any atom is -0.444 e. The average Bonchev–Trinajstić information content (AvgIpc) is 3.32. The summed E-state index contributed by atoms with van der Waals surface area (Å²) < 4.78 is 7.07. The van der Waals surface area contributed by atoms with Gasteiger partial charge in [0.25, 0.3) is 11.8 Å². The monoisotopic (exact) mass is 565 g/mol. The van der Waals surface area contributed by atoms with E-state index in [0.29, 0.717) is 18.7 Å². The Balaban J connectivity index is 1.14. The van der Waals surface area contributed by atoms with Crippen molar-refractivity contribution in [1.29, 1.82) is 0 Å². The van der Waals surface area contributed by atoms with Crippen molar-refractivity contribution in [3.05, 3.63) is 107 Å². The predicted octanol–water partition coefficient (Wildman–Crippen LogP) is 4.89. The van der Waals surface area contributed by atoms with Gasteiger partial charge in [0.1, 0.15) is 5.60 Å². The highest BCUT2D eigenvalue weighted by molar-refractivity contribution is 5.95. The number of rotatable bonds is 7. The van der Waals surface area contributed by atoms with Gasteiger partial charge in [-0.25, -0.2) is 9.48 Å². The normalized spacial score (nSPS) is 13.4. The molecule has 2 heterocycles. The number of hydrogen-bond donors (Lipinski definition) is 2. The highest BCUT2D eigenvalue weighted by Gasteiger charge is 2.34. The molecule has 4 aromatic rings. The molecule has 9 nitrogen and oxygen atoms in total. The molecule has 1 aliphatic heterocycles. The second-order valence-electron chi connectivity index (χ2n) is 11.6. The average molecular weight is 566 g/mol. The number of hydrogen-bond acceptors (Lipinski definition) is 5. The third-order valence-corrected chi connectivity index (χ3v) is 7.03. The molecule has 1 saturated heterocycles. The molecule has 3 amide bonds. The van der Waals surface area contributed by atoms with Gasteiger partial charge in [0.05, 0.1) is 11.7 Å². The van der Waals surface area contributed by atoms with E-state index in [1.807, 2.05) is 64.1 Å². The van der Waals surface area contributed by atoms with Crippen molar-refractivity contribution in [2.75, 3.05) is 13.1 Å². The summed E-state index contributed by atoms with van der Waals surface area (Å²) in [6.07, 6.45) is 0.416. The number of ether oxygens (including phenoxy) is 1. The summed E-state index contributed by atoms with van der Waals surface area (Å²) in [5.74, 6) is -0.704. The van der Waals surface area contributed by atoms with E-state index in [1.54, 1.807) is 15.6 Å². The van der Waals surface area contributed by atoms with Gasteiger partial charge in [0, 0.05) is 24.3 Å². The van der Waals surface area contributed by atoms with Crippen LogP contribution in [0.4, 0.5) is 4.79 Å². The highest BCUT2D eigenvalue weighted by atomic mass is 16.6. The lowest BCUT2D eigenvalue weighted by Gasteiger charge is -2.39. The zero-order valence-electron chi connectivity index (χ0n) is 24.3. The summed E-state index contributed by atoms with van der Waals surface area (Å²) in [6, 6.07) is 25.5. The van der Waals surface area contributed by atoms with Crippen LogP contribution in [0.2, 0.25) is 0 Å². The molecule has 0 spiro atoms. The molecular weight excluding hydrogens is 530 g/mol. The van der Waals surface area contributed by atoms with Crippen LogP contribution < -0.4 is 11.1 Å². The first-order valence-electron chi connectivity index (χ1n) is 13.9. The molecule has 3 aromatic carbocycles. The van der Waals surface area contributed by atoms with Gasteiger partial charge in [0.2, 0.25) is 0 Å². The van der Waals surface area contributed by atoms with E-state index in [2.05, 4.69) is 46.8 Å². The lowest BCUT2D eigenvalue weighted by Crippen LogP contribution is -2.61. The molecule has 216 valence electrons. The van der Waals surface area contributed by atoms with Crippen LogP contribution in [-0.4, -0.2) is 57.3 Å². The van der Waals surface area contributed by atoms with Gasteiger partial charge >= 0.3 is 6.09 Å². The van der Waals surface area contributed by atoms with Gasteiger partial charge in [-0.3, -0.25) is 9.59 Å². The number of nitrogens with one attached hydrogen (secondary N) is 1. The second-order valence-corrected chi connectivity index (χ2v) is 11.6. The van der Waals surface area contributed by atoms with Crippen molar-refractivity contribution in [3.8, 4) is 16.8 Å². The maximum absolute atomic E-state index is 12.7. The van der Waals surface area contributed by atoms with Crippen LogP contribution in [0, 0.1) is 6.92 Å². The Labute approximate surface area is 245 Å². The molecule has 42 heavy (non-hydrogen) atoms. The Bertz CT molecular complexity index is 1590. The van der Waals surface area contributed by atoms with E-state index in [1.165, 1.54) is 5.56 Å². The molecule has 0 unspecified atom stereocenters. The van der Waals surface area contributed by atoms with Gasteiger partial charge < -0.3 is 20.7 Å². The first-order chi connectivity index (χ1) is 19.9. The Morgan fingerprint density at radius 3 is 1.98 bits per heavy atom. The lowest BCUT2D eigenvalue weighted by molar-refractivity contribution is 0.00532. The van der Waals surface area contributed by atoms with E-state index in [0.717, 1.165) is 34.5 Å². The molecule has 1 fully saturated rings. The number of amides is 3. The van der Waals surface area contributed by atoms with E-state index in [4.69, 9.17) is 10.5 Å². The number of carbonyl (C=O) groups excluding carboxylic acids is 3. The maximum atomic E-state index is 12.7. The molecule has 0 bridgehead atoms. The lowest BCUT2D eigenvalue weighted by atomic mass is 9.99. The predicted molar refractivity (Wildman–Crippen MR) is 161 cm³/mol. The van der Waals surface area contributed by atoms with Gasteiger partial charge in [-0.2, -0.15) is 5.10 Å². The number of nitrogens with two attached hydrogens (primary N) is 1. The molecule has 1 aliphatic rings. The van der Waals surface area contributed by atoms with Crippen molar-refractivity contribution < 1.29 is 19.1 Å². The summed E-state index contributed by atoms with van der Waals surface area (Å²) in [5, 5.41) is 7.27. The number of benzene rings is 3. The van der Waals surface area contributed by atoms with Crippen LogP contribution in [0.25, 0.3) is 16.8 Å². The maximum Gasteiger partial charge on any atom is 0.410 e. The molecular formula is C33H35N5O4. The van der Waals surface area contributed by atoms with Crippen molar-refractivity contribution in [2.45, 2.75) is 45.8 Å². The zero-order chi connectivity index (χ0) is 30.0. The van der Waals surface area contributed by atoms with Crippen LogP contribution >= 0.6 is 0 Å². The van der Waals surface area contributed by atoms with E-state index in [9.17, 15) is 14.4 Å². The fraction of sp³-hybridized carbons (Fsp3) is 0.273. The van der Waals surface area contributed by atoms with Crippen molar-refractivity contribution >= 4 is 17.9 Å². The van der Waals surface area contributed by atoms with Crippen molar-refractivity contribution in [1.82, 2.24) is 20.0 Å². The topological polar surface area (TPSA) is 120 Å². The quantitative estimate of drug-likeness (QED) is 0.331. The fourth-order valence-corrected chi connectivity index (χ4v) is 4.79. The standard InChI is InChI=1S/C33H35N5O4/c1-21-17-29(30(34)39)36-38(21)28-15-7-23(8-16-28)18-22-5-9-24(10-6-22)25-11-13-26(14-12-25)31(40)35-27-19-37(20-27)32(41)42-33(2,3)4/h5-17,27H,18-20H2,1-4H3,(H2,34,39)(H,35,40). The smallest absolute Gasteiger partial charge is 0.410 e. The Hall–Kier alpha value is -4.92. The van der Waals surface area contributed by atoms with Crippen LogP contribution in [0.15, 0.2) is 78.9 Å². The first-order valence-corrected chi connectivity index (χ1v) is 13.9. The minimum absolute atomic E-state index is 0.0854. The third-order valence-electron chi connectivity index (χ3n) is 7.03. The van der Waals surface area contributed by atoms with Gasteiger partial charge in [0.15, 0.2) is 5.69 Å². The van der Waals surface area contributed by atoms with Gasteiger partial charge in [-0.15, -0.1) is 0 Å². The molecule has 0 atom stereocenters. The molecule has 0 saturated carbocycles. The number of carbonyl (C=O) groups is 3. The molecule has 0 aliphatic carbocycles. The molecule has 9 heteroatoms. The summed E-state index contributed by atoms with van der Waals surface area (Å²) in [5.41, 5.74) is 11.8. The number of nitrogens with zero attached hydrogens (tertiary/aromatic N) is 3. The third kappa shape index (κ3) is 6.68. The van der Waals surface area contributed by atoms with Crippen molar-refractivity contribution in [2.24, 2.45) is 5.73 Å². The van der Waals surface area contributed by atoms with Gasteiger partial charge in [-0.1, -0.05) is 48.5 Å². The number of likely N-dealkylation sites (tertiary alicyclic amines) is 1. The number of aryl methyl sites for hydroxylation is 1. The number of aromatic nitrogens is 2. The fourth-order valence-electron chi connectivity index (χ4n) is 4.79. The molecule has 3 N–H and O–H groups in total. The minimum atomic E-state index is -0.545. The zero-order valence-corrected chi connectivity index (χ0v) is 24.3. The summed E-state index contributed by atoms with van der Waals surface area (Å²) in [6.45, 7) is 8.26. The van der Waals surface area contributed by atoms with E-state index >= 15 is 0 Å². The molecule has 1 aromatic heterocycles. The largest absolute Gasteiger partial charge is 0.444 e. The number of primary amides is 1. The Morgan fingerprint density at radius 2 is 1.45 bits per heavy atom. The molecule has 5 rings (SSSR count).